The summed E-state index contributed by atoms with van der Waals surface area (Å²) in [7, 11) is 0. The molecule has 3 nitrogen and oxygen atoms in total. The van der Waals surface area contributed by atoms with Gasteiger partial charge in [-0.1, -0.05) is 31.4 Å². The van der Waals surface area contributed by atoms with Crippen LogP contribution < -0.4 is 10.1 Å². The number of anilines is 1. The average molecular weight is 329 g/mol. The van der Waals surface area contributed by atoms with Crippen LogP contribution in [0.2, 0.25) is 0 Å². The summed E-state index contributed by atoms with van der Waals surface area (Å²) >= 11 is 1.67. The van der Waals surface area contributed by atoms with Crippen molar-refractivity contribution in [3.63, 3.8) is 0 Å². The first-order chi connectivity index (χ1) is 10.6. The number of carbonyl (C=O) groups is 1. The largest absolute Gasteiger partial charge is 0.433 e. The molecule has 0 aromatic heterocycles. The first kappa shape index (κ1) is 17.1. The Labute approximate surface area is 133 Å². The molecule has 0 radical (unpaired) electrons. The fourth-order valence-electron chi connectivity index (χ4n) is 2.55. The van der Waals surface area contributed by atoms with E-state index in [1.54, 1.807) is 30.0 Å². The second-order valence-electron chi connectivity index (χ2n) is 5.40. The predicted molar refractivity (Wildman–Crippen MR) is 85.6 cm³/mol. The molecule has 1 aromatic carbocycles. The molecule has 1 saturated carbocycles. The third kappa shape index (κ3) is 5.16. The first-order valence-corrected chi connectivity index (χ1v) is 8.50. The van der Waals surface area contributed by atoms with Crippen LogP contribution in [0.5, 0.6) is 5.75 Å². The van der Waals surface area contributed by atoms with Gasteiger partial charge in [-0.15, -0.1) is 11.8 Å². The molecule has 1 aliphatic rings. The van der Waals surface area contributed by atoms with Crippen LogP contribution in [0.3, 0.4) is 0 Å². The van der Waals surface area contributed by atoms with Gasteiger partial charge in [0.25, 0.3) is 0 Å². The van der Waals surface area contributed by atoms with Gasteiger partial charge in [0.15, 0.2) is 0 Å². The summed E-state index contributed by atoms with van der Waals surface area (Å²) in [5.41, 5.74) is 0.281. The van der Waals surface area contributed by atoms with Crippen molar-refractivity contribution in [1.29, 1.82) is 0 Å². The Morgan fingerprint density at radius 3 is 2.64 bits per heavy atom. The SMILES string of the molecule is CC(SC1CCCCC1)C(=O)Nc1ccccc1OC(F)F. The molecule has 1 unspecified atom stereocenters. The number of para-hydroxylation sites is 2. The molecule has 2 rings (SSSR count). The van der Waals surface area contributed by atoms with Crippen molar-refractivity contribution in [3.05, 3.63) is 24.3 Å². The summed E-state index contributed by atoms with van der Waals surface area (Å²) in [5, 5.41) is 2.98. The lowest BCUT2D eigenvalue weighted by Gasteiger charge is -2.24. The van der Waals surface area contributed by atoms with E-state index in [4.69, 9.17) is 0 Å². The minimum absolute atomic E-state index is 0.0132. The van der Waals surface area contributed by atoms with Crippen LogP contribution in [0.1, 0.15) is 39.0 Å². The van der Waals surface area contributed by atoms with E-state index in [0.29, 0.717) is 5.25 Å². The molecular weight excluding hydrogens is 308 g/mol. The second kappa shape index (κ2) is 8.36. The zero-order chi connectivity index (χ0) is 15.9. The number of ether oxygens (including phenoxy) is 1. The number of amides is 1. The maximum atomic E-state index is 12.4. The molecule has 0 aliphatic heterocycles. The topological polar surface area (TPSA) is 38.3 Å². The maximum absolute atomic E-state index is 12.4. The van der Waals surface area contributed by atoms with Crippen LogP contribution in [0.4, 0.5) is 14.5 Å². The Balaban J connectivity index is 1.93. The van der Waals surface area contributed by atoms with E-state index in [2.05, 4.69) is 10.1 Å². The summed E-state index contributed by atoms with van der Waals surface area (Å²) in [6, 6.07) is 6.24. The number of benzene rings is 1. The summed E-state index contributed by atoms with van der Waals surface area (Å²) < 4.78 is 29.2. The van der Waals surface area contributed by atoms with Crippen LogP contribution >= 0.6 is 11.8 Å². The number of carbonyl (C=O) groups excluding carboxylic acids is 1. The van der Waals surface area contributed by atoms with Gasteiger partial charge in [0.1, 0.15) is 5.75 Å². The van der Waals surface area contributed by atoms with Gasteiger partial charge in [0.05, 0.1) is 10.9 Å². The van der Waals surface area contributed by atoms with Gasteiger partial charge in [-0.2, -0.15) is 8.78 Å². The molecular formula is C16H21F2NO2S. The molecule has 22 heavy (non-hydrogen) atoms. The number of thioether (sulfide) groups is 1. The number of alkyl halides is 2. The van der Waals surface area contributed by atoms with Crippen LogP contribution in [-0.4, -0.2) is 23.0 Å². The van der Waals surface area contributed by atoms with E-state index >= 15 is 0 Å². The molecule has 122 valence electrons. The third-order valence-electron chi connectivity index (χ3n) is 3.68. The molecule has 1 atom stereocenters. The first-order valence-electron chi connectivity index (χ1n) is 7.56. The number of nitrogens with one attached hydrogen (secondary N) is 1. The average Bonchev–Trinajstić information content (AvgIpc) is 2.49. The highest BCUT2D eigenvalue weighted by Gasteiger charge is 2.22. The summed E-state index contributed by atoms with van der Waals surface area (Å²) in [6.07, 6.45) is 6.00. The highest BCUT2D eigenvalue weighted by Crippen LogP contribution is 2.32. The predicted octanol–water partition coefficient (Wildman–Crippen LogP) is 4.68. The molecule has 1 amide bonds. The van der Waals surface area contributed by atoms with Crippen LogP contribution in [0.15, 0.2) is 24.3 Å². The molecule has 1 aromatic rings. The molecule has 0 saturated heterocycles. The Morgan fingerprint density at radius 1 is 1.27 bits per heavy atom. The lowest BCUT2D eigenvalue weighted by molar-refractivity contribution is -0.115. The van der Waals surface area contributed by atoms with Gasteiger partial charge in [-0.3, -0.25) is 4.79 Å². The minimum Gasteiger partial charge on any atom is -0.433 e. The monoisotopic (exact) mass is 329 g/mol. The molecule has 1 aliphatic carbocycles. The fraction of sp³-hybridized carbons (Fsp3) is 0.562. The second-order valence-corrected chi connectivity index (χ2v) is 7.05. The normalized spacial score (nSPS) is 17.3. The van der Waals surface area contributed by atoms with E-state index in [0.717, 1.165) is 12.8 Å². The maximum Gasteiger partial charge on any atom is 0.387 e. The van der Waals surface area contributed by atoms with Crippen molar-refractivity contribution >= 4 is 23.4 Å². The van der Waals surface area contributed by atoms with Crippen LogP contribution in [0.25, 0.3) is 0 Å². The lowest BCUT2D eigenvalue weighted by atomic mass is 10.0. The van der Waals surface area contributed by atoms with Gasteiger partial charge in [0, 0.05) is 5.25 Å². The molecule has 1 N–H and O–H groups in total. The Hall–Kier alpha value is -1.30. The quantitative estimate of drug-likeness (QED) is 0.823. The molecule has 6 heteroatoms. The lowest BCUT2D eigenvalue weighted by Crippen LogP contribution is -2.25. The van der Waals surface area contributed by atoms with E-state index < -0.39 is 6.61 Å². The van der Waals surface area contributed by atoms with E-state index in [1.165, 1.54) is 25.3 Å². The number of hydrogen-bond acceptors (Lipinski definition) is 3. The zero-order valence-electron chi connectivity index (χ0n) is 12.6. The van der Waals surface area contributed by atoms with Crippen molar-refractivity contribution < 1.29 is 18.3 Å². The van der Waals surface area contributed by atoms with Gasteiger partial charge in [-0.25, -0.2) is 0 Å². The number of halogens is 2. The van der Waals surface area contributed by atoms with Crippen LogP contribution in [-0.2, 0) is 4.79 Å². The van der Waals surface area contributed by atoms with Gasteiger partial charge in [-0.05, 0) is 31.9 Å². The molecule has 0 heterocycles. The zero-order valence-corrected chi connectivity index (χ0v) is 13.4. The number of hydrogen-bond donors (Lipinski definition) is 1. The minimum atomic E-state index is -2.91. The highest BCUT2D eigenvalue weighted by molar-refractivity contribution is 8.01. The fourth-order valence-corrected chi connectivity index (χ4v) is 3.92. The van der Waals surface area contributed by atoms with Crippen molar-refractivity contribution in [2.24, 2.45) is 0 Å². The smallest absolute Gasteiger partial charge is 0.387 e. The Morgan fingerprint density at radius 2 is 1.95 bits per heavy atom. The molecule has 0 bridgehead atoms. The van der Waals surface area contributed by atoms with Crippen molar-refractivity contribution in [1.82, 2.24) is 0 Å². The van der Waals surface area contributed by atoms with E-state index in [1.807, 2.05) is 6.92 Å². The number of rotatable bonds is 6. The van der Waals surface area contributed by atoms with Gasteiger partial charge < -0.3 is 10.1 Å². The Bertz CT molecular complexity index is 493. The van der Waals surface area contributed by atoms with Gasteiger partial charge in [0.2, 0.25) is 5.91 Å². The molecule has 0 spiro atoms. The third-order valence-corrected chi connectivity index (χ3v) is 5.16. The van der Waals surface area contributed by atoms with E-state index in [9.17, 15) is 13.6 Å². The van der Waals surface area contributed by atoms with Crippen molar-refractivity contribution in [2.75, 3.05) is 5.32 Å². The Kier molecular flexibility index (Phi) is 6.49. The summed E-state index contributed by atoms with van der Waals surface area (Å²) in [6.45, 7) is -1.06. The summed E-state index contributed by atoms with van der Waals surface area (Å²) in [4.78, 5) is 12.2. The van der Waals surface area contributed by atoms with E-state index in [-0.39, 0.29) is 22.6 Å². The van der Waals surface area contributed by atoms with Crippen molar-refractivity contribution in [3.8, 4) is 5.75 Å². The summed E-state index contributed by atoms with van der Waals surface area (Å²) in [5.74, 6) is -0.193. The van der Waals surface area contributed by atoms with Crippen molar-refractivity contribution in [2.45, 2.75) is 56.1 Å². The van der Waals surface area contributed by atoms with Crippen LogP contribution in [0, 0.1) is 0 Å². The standard InChI is InChI=1S/C16H21F2NO2S/c1-11(22-12-7-3-2-4-8-12)15(20)19-13-9-5-6-10-14(13)21-16(17)18/h5-6,9-12,16H,2-4,7-8H2,1H3,(H,19,20). The molecule has 1 fully saturated rings. The highest BCUT2D eigenvalue weighted by atomic mass is 32.2. The van der Waals surface area contributed by atoms with Gasteiger partial charge >= 0.3 is 6.61 Å².